The molecule has 0 amide bonds. The second-order valence-electron chi connectivity index (χ2n) is 6.98. The summed E-state index contributed by atoms with van der Waals surface area (Å²) in [5, 5.41) is 19.0. The Morgan fingerprint density at radius 3 is 2.40 bits per heavy atom. The summed E-state index contributed by atoms with van der Waals surface area (Å²) >= 11 is 0. The molecule has 2 heterocycles. The average Bonchev–Trinajstić information content (AvgIpc) is 2.84. The van der Waals surface area contributed by atoms with Gasteiger partial charge in [-0.15, -0.1) is 0 Å². The summed E-state index contributed by atoms with van der Waals surface area (Å²) in [6.07, 6.45) is -1.64. The van der Waals surface area contributed by atoms with Crippen LogP contribution in [0.4, 0.5) is 13.2 Å². The third kappa shape index (κ3) is 3.57. The van der Waals surface area contributed by atoms with Crippen molar-refractivity contribution < 1.29 is 18.3 Å². The van der Waals surface area contributed by atoms with Crippen LogP contribution in [0.25, 0.3) is 0 Å². The van der Waals surface area contributed by atoms with Gasteiger partial charge in [-0.25, -0.2) is 0 Å². The van der Waals surface area contributed by atoms with E-state index in [0.717, 1.165) is 23.4 Å². The predicted molar refractivity (Wildman–Crippen MR) is 87.9 cm³/mol. The van der Waals surface area contributed by atoms with Gasteiger partial charge in [0, 0.05) is 30.9 Å². The van der Waals surface area contributed by atoms with E-state index in [1.165, 1.54) is 12.1 Å². The highest BCUT2D eigenvalue weighted by molar-refractivity contribution is 5.31. The lowest BCUT2D eigenvalue weighted by molar-refractivity contribution is -0.137. The van der Waals surface area contributed by atoms with Crippen LogP contribution < -0.4 is 5.32 Å². The summed E-state index contributed by atoms with van der Waals surface area (Å²) in [5.74, 6) is 0. The summed E-state index contributed by atoms with van der Waals surface area (Å²) in [6.45, 7) is 3.88. The van der Waals surface area contributed by atoms with E-state index in [2.05, 4.69) is 10.4 Å². The monoisotopic (exact) mass is 353 g/mol. The van der Waals surface area contributed by atoms with Gasteiger partial charge >= 0.3 is 6.18 Å². The fraction of sp³-hybridized carbons (Fsp3) is 0.500. The molecule has 2 aromatic rings. The van der Waals surface area contributed by atoms with E-state index in [9.17, 15) is 18.3 Å². The van der Waals surface area contributed by atoms with Crippen molar-refractivity contribution in [3.8, 4) is 0 Å². The molecule has 1 aliphatic heterocycles. The zero-order valence-electron chi connectivity index (χ0n) is 14.4. The molecule has 3 rings (SSSR count). The molecule has 0 spiro atoms. The predicted octanol–water partition coefficient (Wildman–Crippen LogP) is 3.45. The van der Waals surface area contributed by atoms with Crippen molar-refractivity contribution in [3.63, 3.8) is 0 Å². The maximum atomic E-state index is 12.8. The first kappa shape index (κ1) is 17.9. The molecule has 0 radical (unpaired) electrons. The van der Waals surface area contributed by atoms with E-state index in [1.54, 1.807) is 4.68 Å². The number of nitrogens with one attached hydrogen (secondary N) is 1. The van der Waals surface area contributed by atoms with E-state index in [-0.39, 0.29) is 12.1 Å². The Kier molecular flexibility index (Phi) is 4.41. The number of aliphatic hydroxyl groups is 1. The van der Waals surface area contributed by atoms with Crippen LogP contribution >= 0.6 is 0 Å². The first-order valence-electron chi connectivity index (χ1n) is 8.25. The zero-order valence-corrected chi connectivity index (χ0v) is 14.4. The number of benzene rings is 1. The van der Waals surface area contributed by atoms with Crippen LogP contribution in [0.1, 0.15) is 48.2 Å². The highest BCUT2D eigenvalue weighted by Crippen LogP contribution is 2.41. The number of halogens is 3. The standard InChI is InChI=1S/C18H22F3N3O/c1-11-8-17(25,13-4-6-14(7-5-13)18(19,20)21)9-16(22-11)15-10-24(3)23-12(15)2/h4-7,10-11,16,22,25H,8-9H2,1-3H3/t11-,16-,17?/m0/s1. The molecule has 1 aromatic heterocycles. The minimum absolute atomic E-state index is 0.0191. The van der Waals surface area contributed by atoms with Crippen LogP contribution in [0.15, 0.2) is 30.5 Å². The molecule has 1 unspecified atom stereocenters. The van der Waals surface area contributed by atoms with Crippen LogP contribution in [0.5, 0.6) is 0 Å². The smallest absolute Gasteiger partial charge is 0.385 e. The van der Waals surface area contributed by atoms with Crippen molar-refractivity contribution in [1.82, 2.24) is 15.1 Å². The Labute approximate surface area is 144 Å². The Balaban J connectivity index is 1.90. The molecule has 3 atom stereocenters. The molecule has 1 saturated heterocycles. The van der Waals surface area contributed by atoms with E-state index >= 15 is 0 Å². The number of aryl methyl sites for hydroxylation is 2. The van der Waals surface area contributed by atoms with Crippen molar-refractivity contribution in [2.75, 3.05) is 0 Å². The molecule has 0 saturated carbocycles. The highest BCUT2D eigenvalue weighted by Gasteiger charge is 2.40. The van der Waals surface area contributed by atoms with E-state index in [0.29, 0.717) is 18.4 Å². The molecule has 2 N–H and O–H groups in total. The van der Waals surface area contributed by atoms with Gasteiger partial charge in [0.1, 0.15) is 0 Å². The Bertz CT molecular complexity index is 754. The number of alkyl halides is 3. The van der Waals surface area contributed by atoms with Gasteiger partial charge in [-0.3, -0.25) is 4.68 Å². The topological polar surface area (TPSA) is 50.1 Å². The number of aromatic nitrogens is 2. The molecule has 25 heavy (non-hydrogen) atoms. The van der Waals surface area contributed by atoms with Gasteiger partial charge in [0.05, 0.1) is 16.9 Å². The molecular formula is C18H22F3N3O. The zero-order chi connectivity index (χ0) is 18.4. The summed E-state index contributed by atoms with van der Waals surface area (Å²) in [7, 11) is 1.84. The SMILES string of the molecule is Cc1nn(C)cc1[C@@H]1CC(O)(c2ccc(C(F)(F)F)cc2)C[C@H](C)N1. The van der Waals surface area contributed by atoms with E-state index in [1.807, 2.05) is 27.1 Å². The van der Waals surface area contributed by atoms with Crippen molar-refractivity contribution in [1.29, 1.82) is 0 Å². The van der Waals surface area contributed by atoms with Crippen LogP contribution in [-0.2, 0) is 18.8 Å². The fourth-order valence-electron chi connectivity index (χ4n) is 3.75. The molecule has 136 valence electrons. The second kappa shape index (κ2) is 6.14. The lowest BCUT2D eigenvalue weighted by Gasteiger charge is -2.41. The van der Waals surface area contributed by atoms with Crippen molar-refractivity contribution >= 4 is 0 Å². The summed E-state index contributed by atoms with van der Waals surface area (Å²) in [5.41, 5.74) is 0.506. The number of piperidine rings is 1. The molecule has 1 fully saturated rings. The number of hydrogen-bond acceptors (Lipinski definition) is 3. The van der Waals surface area contributed by atoms with Crippen LogP contribution in [0.2, 0.25) is 0 Å². The lowest BCUT2D eigenvalue weighted by atomic mass is 9.77. The van der Waals surface area contributed by atoms with Crippen molar-refractivity contribution in [2.45, 2.75) is 50.6 Å². The number of rotatable bonds is 2. The van der Waals surface area contributed by atoms with Gasteiger partial charge in [-0.2, -0.15) is 18.3 Å². The van der Waals surface area contributed by atoms with Gasteiger partial charge in [-0.1, -0.05) is 12.1 Å². The molecule has 1 aliphatic rings. The first-order valence-corrected chi connectivity index (χ1v) is 8.25. The largest absolute Gasteiger partial charge is 0.416 e. The van der Waals surface area contributed by atoms with Crippen LogP contribution in [-0.4, -0.2) is 20.9 Å². The minimum Gasteiger partial charge on any atom is -0.385 e. The summed E-state index contributed by atoms with van der Waals surface area (Å²) in [4.78, 5) is 0. The first-order chi connectivity index (χ1) is 11.6. The normalized spacial score (nSPS) is 27.5. The third-order valence-electron chi connectivity index (χ3n) is 4.85. The molecule has 0 bridgehead atoms. The molecule has 7 heteroatoms. The molecule has 4 nitrogen and oxygen atoms in total. The van der Waals surface area contributed by atoms with Crippen LogP contribution in [0, 0.1) is 6.92 Å². The van der Waals surface area contributed by atoms with Crippen molar-refractivity contribution in [3.05, 3.63) is 52.8 Å². The van der Waals surface area contributed by atoms with E-state index in [4.69, 9.17) is 0 Å². The summed E-state index contributed by atoms with van der Waals surface area (Å²) < 4.78 is 40.0. The van der Waals surface area contributed by atoms with Gasteiger partial charge in [0.2, 0.25) is 0 Å². The van der Waals surface area contributed by atoms with E-state index < -0.39 is 17.3 Å². The van der Waals surface area contributed by atoms with Crippen molar-refractivity contribution in [2.24, 2.45) is 7.05 Å². The van der Waals surface area contributed by atoms with Crippen LogP contribution in [0.3, 0.4) is 0 Å². The summed E-state index contributed by atoms with van der Waals surface area (Å²) in [6, 6.07) is 4.74. The van der Waals surface area contributed by atoms with Gasteiger partial charge < -0.3 is 10.4 Å². The third-order valence-corrected chi connectivity index (χ3v) is 4.85. The number of nitrogens with zero attached hydrogens (tertiary/aromatic N) is 2. The molecule has 0 aliphatic carbocycles. The second-order valence-corrected chi connectivity index (χ2v) is 6.98. The Morgan fingerprint density at radius 1 is 1.24 bits per heavy atom. The van der Waals surface area contributed by atoms with Gasteiger partial charge in [0.15, 0.2) is 0 Å². The highest BCUT2D eigenvalue weighted by atomic mass is 19.4. The number of hydrogen-bond donors (Lipinski definition) is 2. The maximum absolute atomic E-state index is 12.8. The lowest BCUT2D eigenvalue weighted by Crippen LogP contribution is -2.47. The Hall–Kier alpha value is -1.86. The fourth-order valence-corrected chi connectivity index (χ4v) is 3.75. The van der Waals surface area contributed by atoms with Gasteiger partial charge in [-0.05, 0) is 44.4 Å². The average molecular weight is 353 g/mol. The minimum atomic E-state index is -4.38. The molecular weight excluding hydrogens is 331 g/mol. The quantitative estimate of drug-likeness (QED) is 0.869. The van der Waals surface area contributed by atoms with Gasteiger partial charge in [0.25, 0.3) is 0 Å². The molecule has 1 aromatic carbocycles. The maximum Gasteiger partial charge on any atom is 0.416 e. The Morgan fingerprint density at radius 2 is 1.88 bits per heavy atom.